The lowest BCUT2D eigenvalue weighted by atomic mass is 9.94. The molecule has 3 aromatic carbocycles. The Balaban J connectivity index is 2.01. The molecule has 0 N–H and O–H groups in total. The van der Waals surface area contributed by atoms with Gasteiger partial charge in [-0.3, -0.25) is 0 Å². The molecule has 0 saturated carbocycles. The number of fused-ring (bicyclic) bond motifs is 1. The van der Waals surface area contributed by atoms with Crippen molar-refractivity contribution in [3.05, 3.63) is 84.6 Å². The molecule has 0 aliphatic rings. The van der Waals surface area contributed by atoms with Gasteiger partial charge in [-0.15, -0.1) is 0 Å². The van der Waals surface area contributed by atoms with Gasteiger partial charge in [-0.25, -0.2) is 9.97 Å². The quantitative estimate of drug-likeness (QED) is 0.456. The Morgan fingerprint density at radius 1 is 0.600 bits per heavy atom. The fraction of sp³-hybridized carbons (Fsp3) is 0.130. The molecule has 1 aromatic heterocycles. The third-order valence-corrected chi connectivity index (χ3v) is 4.41. The van der Waals surface area contributed by atoms with Crippen molar-refractivity contribution in [2.75, 3.05) is 0 Å². The van der Waals surface area contributed by atoms with Crippen LogP contribution in [0.5, 0.6) is 0 Å². The summed E-state index contributed by atoms with van der Waals surface area (Å²) in [5.41, 5.74) is 7.43. The Hall–Kier alpha value is -3.00. The van der Waals surface area contributed by atoms with Crippen LogP contribution in [0, 0.1) is 0 Å². The largest absolute Gasteiger partial charge is 0.249 e. The van der Waals surface area contributed by atoms with Gasteiger partial charge in [0.05, 0.1) is 22.4 Å². The molecule has 4 rings (SSSR count). The van der Waals surface area contributed by atoms with Gasteiger partial charge in [0.1, 0.15) is 0 Å². The van der Waals surface area contributed by atoms with E-state index in [9.17, 15) is 0 Å². The monoisotopic (exact) mass is 324 g/mol. The van der Waals surface area contributed by atoms with Crippen molar-refractivity contribution in [2.45, 2.75) is 19.8 Å². The molecule has 122 valence electrons. The van der Waals surface area contributed by atoms with Crippen molar-refractivity contribution in [3.8, 4) is 22.4 Å². The molecule has 1 heterocycles. The second-order valence-corrected chi connectivity index (χ2v) is 6.51. The summed E-state index contributed by atoms with van der Waals surface area (Å²) in [5, 5.41) is 0. The van der Waals surface area contributed by atoms with Crippen LogP contribution in [0.3, 0.4) is 0 Å². The van der Waals surface area contributed by atoms with E-state index in [0.717, 1.165) is 28.0 Å². The van der Waals surface area contributed by atoms with Crippen molar-refractivity contribution in [3.63, 3.8) is 0 Å². The summed E-state index contributed by atoms with van der Waals surface area (Å²) in [5.74, 6) is 0.302. The van der Waals surface area contributed by atoms with E-state index in [1.165, 1.54) is 11.1 Å². The van der Waals surface area contributed by atoms with E-state index in [1.807, 2.05) is 30.3 Å². The van der Waals surface area contributed by atoms with Gasteiger partial charge in [0.25, 0.3) is 0 Å². The number of rotatable bonds is 3. The molecule has 25 heavy (non-hydrogen) atoms. The minimum Gasteiger partial charge on any atom is -0.249 e. The van der Waals surface area contributed by atoms with Crippen LogP contribution in [0.4, 0.5) is 0 Å². The number of para-hydroxylation sites is 2. The highest BCUT2D eigenvalue weighted by Crippen LogP contribution is 2.35. The first-order valence-electron chi connectivity index (χ1n) is 8.65. The van der Waals surface area contributed by atoms with Crippen LogP contribution in [0.2, 0.25) is 0 Å². The zero-order chi connectivity index (χ0) is 17.2. The molecule has 0 saturated heterocycles. The van der Waals surface area contributed by atoms with Crippen LogP contribution in [-0.2, 0) is 0 Å². The first-order chi connectivity index (χ1) is 12.2. The summed E-state index contributed by atoms with van der Waals surface area (Å²) < 4.78 is 0. The summed E-state index contributed by atoms with van der Waals surface area (Å²) in [6.07, 6.45) is 0. The van der Waals surface area contributed by atoms with Gasteiger partial charge >= 0.3 is 0 Å². The Morgan fingerprint density at radius 2 is 1.16 bits per heavy atom. The van der Waals surface area contributed by atoms with E-state index in [0.29, 0.717) is 5.92 Å². The summed E-state index contributed by atoms with van der Waals surface area (Å²) in [6.45, 7) is 4.35. The van der Waals surface area contributed by atoms with Gasteiger partial charge in [0.2, 0.25) is 0 Å². The lowest BCUT2D eigenvalue weighted by Crippen LogP contribution is -2.01. The van der Waals surface area contributed by atoms with E-state index < -0.39 is 0 Å². The van der Waals surface area contributed by atoms with E-state index in [4.69, 9.17) is 9.97 Å². The molecule has 0 aliphatic heterocycles. The fourth-order valence-electron chi connectivity index (χ4n) is 3.17. The molecule has 0 radical (unpaired) electrons. The summed E-state index contributed by atoms with van der Waals surface area (Å²) in [7, 11) is 0. The van der Waals surface area contributed by atoms with Crippen molar-refractivity contribution >= 4 is 11.0 Å². The molecule has 4 aromatic rings. The summed E-state index contributed by atoms with van der Waals surface area (Å²) in [4.78, 5) is 9.91. The van der Waals surface area contributed by atoms with Crippen molar-refractivity contribution in [1.82, 2.24) is 9.97 Å². The first-order valence-corrected chi connectivity index (χ1v) is 8.65. The molecular formula is C23H20N2. The van der Waals surface area contributed by atoms with Crippen LogP contribution in [0.1, 0.15) is 25.5 Å². The highest BCUT2D eigenvalue weighted by atomic mass is 14.8. The minimum absolute atomic E-state index is 0.302. The Bertz CT molecular complexity index is 1020. The van der Waals surface area contributed by atoms with Gasteiger partial charge < -0.3 is 0 Å². The Morgan fingerprint density at radius 3 is 1.84 bits per heavy atom. The van der Waals surface area contributed by atoms with Crippen molar-refractivity contribution in [1.29, 1.82) is 0 Å². The predicted octanol–water partition coefficient (Wildman–Crippen LogP) is 6.09. The lowest BCUT2D eigenvalue weighted by molar-refractivity contribution is 0.825. The van der Waals surface area contributed by atoms with E-state index >= 15 is 0 Å². The maximum absolute atomic E-state index is 4.99. The Kier molecular flexibility index (Phi) is 4.02. The van der Waals surface area contributed by atoms with Gasteiger partial charge in [0.15, 0.2) is 0 Å². The zero-order valence-electron chi connectivity index (χ0n) is 14.5. The fourth-order valence-corrected chi connectivity index (χ4v) is 3.17. The second-order valence-electron chi connectivity index (χ2n) is 6.51. The molecule has 0 amide bonds. The first kappa shape index (κ1) is 15.5. The maximum Gasteiger partial charge on any atom is 0.0934 e. The Labute approximate surface area is 148 Å². The molecule has 2 nitrogen and oxygen atoms in total. The normalized spacial score (nSPS) is 11.2. The SMILES string of the molecule is CC(C)c1nc2ccccc2nc1-c1ccccc1-c1ccccc1. The number of aromatic nitrogens is 2. The lowest BCUT2D eigenvalue weighted by Gasteiger charge is -2.15. The summed E-state index contributed by atoms with van der Waals surface area (Å²) >= 11 is 0. The number of nitrogens with zero attached hydrogens (tertiary/aromatic N) is 2. The average molecular weight is 324 g/mol. The van der Waals surface area contributed by atoms with Gasteiger partial charge in [-0.05, 0) is 29.2 Å². The molecule has 0 spiro atoms. The standard InChI is InChI=1S/C23H20N2/c1-16(2)22-23(25-21-15-9-8-14-20(21)24-22)19-13-7-6-12-18(19)17-10-4-3-5-11-17/h3-16H,1-2H3. The maximum atomic E-state index is 4.99. The van der Waals surface area contributed by atoms with Crippen LogP contribution >= 0.6 is 0 Å². The topological polar surface area (TPSA) is 25.8 Å². The highest BCUT2D eigenvalue weighted by Gasteiger charge is 2.17. The van der Waals surface area contributed by atoms with E-state index in [-0.39, 0.29) is 0 Å². The number of benzene rings is 3. The molecule has 0 atom stereocenters. The van der Waals surface area contributed by atoms with Crippen LogP contribution < -0.4 is 0 Å². The molecule has 0 fully saturated rings. The van der Waals surface area contributed by atoms with Gasteiger partial charge in [0, 0.05) is 5.56 Å². The average Bonchev–Trinajstić information content (AvgIpc) is 2.67. The van der Waals surface area contributed by atoms with Crippen molar-refractivity contribution in [2.24, 2.45) is 0 Å². The zero-order valence-corrected chi connectivity index (χ0v) is 14.5. The minimum atomic E-state index is 0.302. The van der Waals surface area contributed by atoms with Crippen LogP contribution in [0.25, 0.3) is 33.4 Å². The van der Waals surface area contributed by atoms with E-state index in [1.54, 1.807) is 0 Å². The molecule has 2 heteroatoms. The van der Waals surface area contributed by atoms with Crippen LogP contribution in [0.15, 0.2) is 78.9 Å². The number of hydrogen-bond acceptors (Lipinski definition) is 2. The molecule has 0 aliphatic carbocycles. The number of hydrogen-bond donors (Lipinski definition) is 0. The second kappa shape index (κ2) is 6.48. The van der Waals surface area contributed by atoms with Crippen molar-refractivity contribution < 1.29 is 0 Å². The van der Waals surface area contributed by atoms with Gasteiger partial charge in [-0.1, -0.05) is 80.6 Å². The van der Waals surface area contributed by atoms with Crippen LogP contribution in [-0.4, -0.2) is 9.97 Å². The summed E-state index contributed by atoms with van der Waals surface area (Å²) in [6, 6.07) is 27.0. The smallest absolute Gasteiger partial charge is 0.0934 e. The van der Waals surface area contributed by atoms with Gasteiger partial charge in [-0.2, -0.15) is 0 Å². The highest BCUT2D eigenvalue weighted by molar-refractivity contribution is 5.86. The molecular weight excluding hydrogens is 304 g/mol. The molecule has 0 unspecified atom stereocenters. The third kappa shape index (κ3) is 2.91. The van der Waals surface area contributed by atoms with E-state index in [2.05, 4.69) is 62.4 Å². The molecule has 0 bridgehead atoms. The predicted molar refractivity (Wildman–Crippen MR) is 104 cm³/mol. The third-order valence-electron chi connectivity index (χ3n) is 4.41.